The van der Waals surface area contributed by atoms with Gasteiger partial charge in [-0.15, -0.1) is 0 Å². The number of hydrogen-bond acceptors (Lipinski definition) is 5. The molecule has 2 heterocycles. The number of carbonyl (C=O) groups is 2. The zero-order valence-electron chi connectivity index (χ0n) is 11.1. The Morgan fingerprint density at radius 1 is 1.38 bits per heavy atom. The summed E-state index contributed by atoms with van der Waals surface area (Å²) in [5.74, 6) is -0.741. The predicted molar refractivity (Wildman–Crippen MR) is 77.2 cm³/mol. The van der Waals surface area contributed by atoms with E-state index in [-0.39, 0.29) is 18.1 Å². The van der Waals surface area contributed by atoms with Gasteiger partial charge in [-0.05, 0) is 47.1 Å². The molecule has 0 aliphatic carbocycles. The second-order valence-corrected chi connectivity index (χ2v) is 4.63. The lowest BCUT2D eigenvalue weighted by atomic mass is 10.3. The predicted octanol–water partition coefficient (Wildman–Crippen LogP) is 2.97. The van der Waals surface area contributed by atoms with Crippen LogP contribution in [0.3, 0.4) is 0 Å². The molecule has 21 heavy (non-hydrogen) atoms. The van der Waals surface area contributed by atoms with Gasteiger partial charge in [0.25, 0.3) is 5.91 Å². The molecule has 0 bridgehead atoms. The van der Waals surface area contributed by atoms with Crippen LogP contribution in [0.5, 0.6) is 0 Å². The van der Waals surface area contributed by atoms with Gasteiger partial charge in [-0.1, -0.05) is 0 Å². The summed E-state index contributed by atoms with van der Waals surface area (Å²) in [7, 11) is 0. The smallest absolute Gasteiger partial charge is 0.354 e. The summed E-state index contributed by atoms with van der Waals surface area (Å²) < 4.78 is 15.5. The Hall–Kier alpha value is -2.28. The van der Waals surface area contributed by atoms with Crippen molar-refractivity contribution in [1.29, 1.82) is 0 Å². The van der Waals surface area contributed by atoms with Gasteiger partial charge in [-0.2, -0.15) is 0 Å². The fourth-order valence-electron chi connectivity index (χ4n) is 1.49. The molecule has 0 saturated carbocycles. The van der Waals surface area contributed by atoms with E-state index in [1.807, 2.05) is 0 Å². The number of furan rings is 2. The largest absolute Gasteiger partial charge is 0.465 e. The van der Waals surface area contributed by atoms with Gasteiger partial charge >= 0.3 is 5.97 Å². The van der Waals surface area contributed by atoms with E-state index in [0.29, 0.717) is 10.4 Å². The molecule has 0 aliphatic rings. The topological polar surface area (TPSA) is 81.7 Å². The van der Waals surface area contributed by atoms with Crippen LogP contribution in [0.1, 0.15) is 23.2 Å². The fraction of sp³-hybridized carbons (Fsp3) is 0.143. The first kappa shape index (κ1) is 15.1. The Kier molecular flexibility index (Phi) is 4.99. The van der Waals surface area contributed by atoms with E-state index in [2.05, 4.69) is 21.2 Å². The van der Waals surface area contributed by atoms with Crippen LogP contribution < -0.4 is 5.32 Å². The molecule has 0 atom stereocenters. The Labute approximate surface area is 128 Å². The lowest BCUT2D eigenvalue weighted by Crippen LogP contribution is -2.28. The van der Waals surface area contributed by atoms with Gasteiger partial charge in [0.15, 0.2) is 10.4 Å². The number of halogens is 1. The minimum absolute atomic E-state index is 0.0377. The van der Waals surface area contributed by atoms with Crippen LogP contribution in [-0.2, 0) is 9.53 Å². The highest BCUT2D eigenvalue weighted by Gasteiger charge is 2.18. The molecule has 0 saturated heterocycles. The second kappa shape index (κ2) is 6.94. The molecular weight excluding hydrogens is 342 g/mol. The van der Waals surface area contributed by atoms with Crippen molar-refractivity contribution < 1.29 is 23.2 Å². The minimum atomic E-state index is -0.659. The Balaban J connectivity index is 2.20. The molecular formula is C14H12BrNO5. The van der Waals surface area contributed by atoms with E-state index < -0.39 is 11.9 Å². The summed E-state index contributed by atoms with van der Waals surface area (Å²) in [6.45, 7) is 1.87. The highest BCUT2D eigenvalue weighted by Crippen LogP contribution is 2.15. The van der Waals surface area contributed by atoms with Gasteiger partial charge in [-0.25, -0.2) is 4.79 Å². The van der Waals surface area contributed by atoms with Gasteiger partial charge < -0.3 is 18.9 Å². The van der Waals surface area contributed by atoms with Crippen LogP contribution in [0, 0.1) is 0 Å². The van der Waals surface area contributed by atoms with E-state index in [0.717, 1.165) is 0 Å². The van der Waals surface area contributed by atoms with E-state index in [9.17, 15) is 9.59 Å². The van der Waals surface area contributed by atoms with Crippen molar-refractivity contribution in [2.24, 2.45) is 0 Å². The molecule has 0 aromatic carbocycles. The van der Waals surface area contributed by atoms with Crippen molar-refractivity contribution in [3.63, 3.8) is 0 Å². The molecule has 0 fully saturated rings. The van der Waals surface area contributed by atoms with Crippen molar-refractivity contribution in [2.75, 3.05) is 6.61 Å². The fourth-order valence-corrected chi connectivity index (χ4v) is 1.80. The zero-order valence-corrected chi connectivity index (χ0v) is 12.7. The number of amides is 1. The molecule has 0 unspecified atom stereocenters. The Morgan fingerprint density at radius 2 is 2.19 bits per heavy atom. The molecule has 2 aromatic rings. The number of esters is 1. The maximum atomic E-state index is 12.0. The van der Waals surface area contributed by atoms with Gasteiger partial charge in [0.2, 0.25) is 0 Å². The van der Waals surface area contributed by atoms with Gasteiger partial charge in [0.05, 0.1) is 12.9 Å². The van der Waals surface area contributed by atoms with Crippen LogP contribution in [0.4, 0.5) is 0 Å². The van der Waals surface area contributed by atoms with Crippen LogP contribution >= 0.6 is 15.9 Å². The highest BCUT2D eigenvalue weighted by molar-refractivity contribution is 9.10. The maximum absolute atomic E-state index is 12.0. The number of carbonyl (C=O) groups excluding carboxylic acids is 2. The SMILES string of the molecule is CCOC(=O)C(=Cc1ccco1)NC(=O)c1ccc(Br)o1. The van der Waals surface area contributed by atoms with Crippen molar-refractivity contribution in [3.05, 3.63) is 52.4 Å². The molecule has 0 aliphatic heterocycles. The van der Waals surface area contributed by atoms with E-state index >= 15 is 0 Å². The lowest BCUT2D eigenvalue weighted by Gasteiger charge is -2.07. The average molecular weight is 354 g/mol. The molecule has 6 nitrogen and oxygen atoms in total. The van der Waals surface area contributed by atoms with Crippen molar-refractivity contribution in [2.45, 2.75) is 6.92 Å². The quantitative estimate of drug-likeness (QED) is 0.660. The number of ether oxygens (including phenoxy) is 1. The summed E-state index contributed by atoms with van der Waals surface area (Å²) >= 11 is 3.10. The van der Waals surface area contributed by atoms with Crippen LogP contribution in [0.15, 0.2) is 49.7 Å². The first-order chi connectivity index (χ1) is 10.1. The maximum Gasteiger partial charge on any atom is 0.354 e. The van der Waals surface area contributed by atoms with Gasteiger partial charge in [0.1, 0.15) is 11.5 Å². The lowest BCUT2D eigenvalue weighted by molar-refractivity contribution is -0.138. The summed E-state index contributed by atoms with van der Waals surface area (Å²) in [6.07, 6.45) is 2.84. The monoisotopic (exact) mass is 353 g/mol. The van der Waals surface area contributed by atoms with Crippen molar-refractivity contribution in [3.8, 4) is 0 Å². The van der Waals surface area contributed by atoms with Crippen LogP contribution in [-0.4, -0.2) is 18.5 Å². The third kappa shape index (κ3) is 4.09. The van der Waals surface area contributed by atoms with Gasteiger partial charge in [0, 0.05) is 6.08 Å². The molecule has 1 amide bonds. The average Bonchev–Trinajstić information content (AvgIpc) is 3.09. The number of rotatable bonds is 5. The summed E-state index contributed by atoms with van der Waals surface area (Å²) in [5.41, 5.74) is -0.0377. The standard InChI is InChI=1S/C14H12BrNO5/c1-2-19-14(18)10(8-9-4-3-7-20-9)16-13(17)11-5-6-12(15)21-11/h3-8H,2H2,1H3,(H,16,17). The Bertz CT molecular complexity index is 657. The second-order valence-electron chi connectivity index (χ2n) is 3.85. The van der Waals surface area contributed by atoms with E-state index in [1.54, 1.807) is 25.1 Å². The summed E-state index contributed by atoms with van der Waals surface area (Å²) in [5, 5.41) is 2.44. The van der Waals surface area contributed by atoms with E-state index in [4.69, 9.17) is 13.6 Å². The van der Waals surface area contributed by atoms with Crippen molar-refractivity contribution >= 4 is 33.9 Å². The molecule has 2 aromatic heterocycles. The molecule has 2 rings (SSSR count). The zero-order chi connectivity index (χ0) is 15.2. The Morgan fingerprint density at radius 3 is 2.76 bits per heavy atom. The van der Waals surface area contributed by atoms with Crippen molar-refractivity contribution in [1.82, 2.24) is 5.32 Å². The number of hydrogen-bond donors (Lipinski definition) is 1. The molecule has 0 spiro atoms. The normalized spacial score (nSPS) is 11.2. The molecule has 110 valence electrons. The highest BCUT2D eigenvalue weighted by atomic mass is 79.9. The third-order valence-electron chi connectivity index (χ3n) is 2.37. The minimum Gasteiger partial charge on any atom is -0.465 e. The van der Waals surface area contributed by atoms with Crippen LogP contribution in [0.2, 0.25) is 0 Å². The molecule has 1 N–H and O–H groups in total. The van der Waals surface area contributed by atoms with Crippen LogP contribution in [0.25, 0.3) is 6.08 Å². The first-order valence-corrected chi connectivity index (χ1v) is 6.88. The summed E-state index contributed by atoms with van der Waals surface area (Å²) in [4.78, 5) is 23.9. The molecule has 0 radical (unpaired) electrons. The first-order valence-electron chi connectivity index (χ1n) is 6.09. The third-order valence-corrected chi connectivity index (χ3v) is 2.80. The van der Waals surface area contributed by atoms with Gasteiger partial charge in [-0.3, -0.25) is 4.79 Å². The molecule has 7 heteroatoms. The number of nitrogens with one attached hydrogen (secondary N) is 1. The van der Waals surface area contributed by atoms with E-state index in [1.165, 1.54) is 18.4 Å². The summed E-state index contributed by atoms with van der Waals surface area (Å²) in [6, 6.07) is 6.37.